The van der Waals surface area contributed by atoms with Gasteiger partial charge in [0.25, 0.3) is 0 Å². The van der Waals surface area contributed by atoms with Crippen molar-refractivity contribution in [3.8, 4) is 0 Å². The molecule has 1 aliphatic rings. The van der Waals surface area contributed by atoms with E-state index in [0.717, 1.165) is 12.8 Å². The molecule has 1 heterocycles. The standard InChI is InChI=1S/C15H17FN2O2S2/c16-11-6-3-4-7-12(11)17-13(19)8-2-1-5-9-18-14(20)10-22-15(18)21/h3-4,6-7H,1-2,5,8-10H2,(H,17,19). The second-order valence-electron chi connectivity index (χ2n) is 4.94. The Bertz CT molecular complexity index is 564. The predicted octanol–water partition coefficient (Wildman–Crippen LogP) is 3.18. The number of hydrogen-bond acceptors (Lipinski definition) is 4. The summed E-state index contributed by atoms with van der Waals surface area (Å²) in [7, 11) is 0. The first-order chi connectivity index (χ1) is 10.6. The highest BCUT2D eigenvalue weighted by Crippen LogP contribution is 2.20. The lowest BCUT2D eigenvalue weighted by Crippen LogP contribution is -2.29. The van der Waals surface area contributed by atoms with Crippen LogP contribution in [0.25, 0.3) is 0 Å². The third kappa shape index (κ3) is 4.78. The summed E-state index contributed by atoms with van der Waals surface area (Å²) in [6.07, 6.45) is 2.66. The Morgan fingerprint density at radius 3 is 2.77 bits per heavy atom. The maximum absolute atomic E-state index is 13.4. The molecule has 2 amide bonds. The van der Waals surface area contributed by atoms with Crippen LogP contribution in [-0.4, -0.2) is 33.3 Å². The minimum absolute atomic E-state index is 0.0623. The molecule has 1 saturated heterocycles. The van der Waals surface area contributed by atoms with Crippen LogP contribution < -0.4 is 5.32 Å². The zero-order valence-electron chi connectivity index (χ0n) is 12.0. The monoisotopic (exact) mass is 340 g/mol. The maximum Gasteiger partial charge on any atom is 0.238 e. The number of rotatable bonds is 7. The molecular weight excluding hydrogens is 323 g/mol. The molecule has 0 saturated carbocycles. The Labute approximate surface area is 138 Å². The van der Waals surface area contributed by atoms with Gasteiger partial charge in [-0.1, -0.05) is 42.5 Å². The van der Waals surface area contributed by atoms with Gasteiger partial charge in [-0.05, 0) is 25.0 Å². The molecule has 4 nitrogen and oxygen atoms in total. The molecule has 7 heteroatoms. The molecule has 2 rings (SSSR count). The van der Waals surface area contributed by atoms with Crippen molar-refractivity contribution in [3.05, 3.63) is 30.1 Å². The fraction of sp³-hybridized carbons (Fsp3) is 0.400. The number of para-hydroxylation sites is 1. The van der Waals surface area contributed by atoms with Crippen molar-refractivity contribution < 1.29 is 14.0 Å². The van der Waals surface area contributed by atoms with Crippen molar-refractivity contribution in [3.63, 3.8) is 0 Å². The predicted molar refractivity (Wildman–Crippen MR) is 90.3 cm³/mol. The second kappa shape index (κ2) is 8.24. The zero-order chi connectivity index (χ0) is 15.9. The summed E-state index contributed by atoms with van der Waals surface area (Å²) in [4.78, 5) is 24.9. The number of unbranched alkanes of at least 4 members (excludes halogenated alkanes) is 2. The fourth-order valence-electron chi connectivity index (χ4n) is 2.10. The summed E-state index contributed by atoms with van der Waals surface area (Å²) in [6, 6.07) is 6.09. The summed E-state index contributed by atoms with van der Waals surface area (Å²) >= 11 is 6.48. The van der Waals surface area contributed by atoms with Crippen LogP contribution >= 0.6 is 24.0 Å². The van der Waals surface area contributed by atoms with E-state index < -0.39 is 5.82 Å². The summed E-state index contributed by atoms with van der Waals surface area (Å²) in [5, 5.41) is 2.55. The highest BCUT2D eigenvalue weighted by atomic mass is 32.2. The quantitative estimate of drug-likeness (QED) is 0.612. The SMILES string of the molecule is O=C(CCCCCN1C(=O)CSC1=S)Nc1ccccc1F. The van der Waals surface area contributed by atoms with Crippen molar-refractivity contribution in [1.29, 1.82) is 0 Å². The van der Waals surface area contributed by atoms with Crippen molar-refractivity contribution in [2.45, 2.75) is 25.7 Å². The fourth-order valence-corrected chi connectivity index (χ4v) is 3.23. The van der Waals surface area contributed by atoms with Gasteiger partial charge in [0.05, 0.1) is 11.4 Å². The van der Waals surface area contributed by atoms with E-state index in [1.54, 1.807) is 17.0 Å². The smallest absolute Gasteiger partial charge is 0.238 e. The van der Waals surface area contributed by atoms with Crippen LogP contribution in [0.15, 0.2) is 24.3 Å². The number of hydrogen-bond donors (Lipinski definition) is 1. The van der Waals surface area contributed by atoms with Gasteiger partial charge in [0, 0.05) is 13.0 Å². The number of nitrogens with zero attached hydrogens (tertiary/aromatic N) is 1. The number of amides is 2. The zero-order valence-corrected chi connectivity index (χ0v) is 13.6. The molecule has 0 bridgehead atoms. The van der Waals surface area contributed by atoms with E-state index in [4.69, 9.17) is 12.2 Å². The molecule has 0 spiro atoms. The number of carbonyl (C=O) groups is 2. The van der Waals surface area contributed by atoms with Crippen LogP contribution in [0.1, 0.15) is 25.7 Å². The Morgan fingerprint density at radius 1 is 1.32 bits per heavy atom. The number of benzene rings is 1. The number of anilines is 1. The first-order valence-electron chi connectivity index (χ1n) is 7.09. The molecule has 0 atom stereocenters. The summed E-state index contributed by atoms with van der Waals surface area (Å²) < 4.78 is 14.0. The van der Waals surface area contributed by atoms with E-state index in [-0.39, 0.29) is 17.5 Å². The summed E-state index contributed by atoms with van der Waals surface area (Å²) in [5.41, 5.74) is 0.206. The van der Waals surface area contributed by atoms with Crippen LogP contribution in [-0.2, 0) is 9.59 Å². The van der Waals surface area contributed by atoms with Gasteiger partial charge >= 0.3 is 0 Å². The van der Waals surface area contributed by atoms with Gasteiger partial charge < -0.3 is 5.32 Å². The molecule has 0 aromatic heterocycles. The van der Waals surface area contributed by atoms with Gasteiger partial charge in [-0.25, -0.2) is 4.39 Å². The summed E-state index contributed by atoms with van der Waals surface area (Å²) in [5.74, 6) is -0.140. The number of thiocarbonyl (C=S) groups is 1. The Morgan fingerprint density at radius 2 is 2.09 bits per heavy atom. The first kappa shape index (κ1) is 16.9. The summed E-state index contributed by atoms with van der Waals surface area (Å²) in [6.45, 7) is 0.611. The third-order valence-corrected chi connectivity index (χ3v) is 4.71. The lowest BCUT2D eigenvalue weighted by molar-refractivity contribution is -0.124. The van der Waals surface area contributed by atoms with Crippen LogP contribution in [0.4, 0.5) is 10.1 Å². The number of halogens is 1. The van der Waals surface area contributed by atoms with Crippen LogP contribution in [0.5, 0.6) is 0 Å². The van der Waals surface area contributed by atoms with Crippen LogP contribution in [0.3, 0.4) is 0 Å². The van der Waals surface area contributed by atoms with E-state index >= 15 is 0 Å². The van der Waals surface area contributed by atoms with Crippen molar-refractivity contribution in [2.75, 3.05) is 17.6 Å². The Hall–Kier alpha value is -1.47. The van der Waals surface area contributed by atoms with E-state index in [2.05, 4.69) is 5.32 Å². The van der Waals surface area contributed by atoms with E-state index in [0.29, 0.717) is 29.5 Å². The minimum Gasteiger partial charge on any atom is -0.324 e. The molecule has 1 aromatic rings. The lowest BCUT2D eigenvalue weighted by atomic mass is 10.1. The van der Waals surface area contributed by atoms with E-state index in [1.807, 2.05) is 0 Å². The topological polar surface area (TPSA) is 49.4 Å². The molecule has 1 aromatic carbocycles. The Balaban J connectivity index is 1.62. The van der Waals surface area contributed by atoms with Crippen molar-refractivity contribution >= 4 is 45.8 Å². The van der Waals surface area contributed by atoms with Gasteiger partial charge in [0.1, 0.15) is 10.1 Å². The van der Waals surface area contributed by atoms with Gasteiger partial charge in [0.2, 0.25) is 11.8 Å². The Kier molecular flexibility index (Phi) is 6.33. The number of nitrogens with one attached hydrogen (secondary N) is 1. The molecule has 22 heavy (non-hydrogen) atoms. The molecule has 1 fully saturated rings. The maximum atomic E-state index is 13.4. The van der Waals surface area contributed by atoms with Crippen LogP contribution in [0, 0.1) is 5.82 Å². The van der Waals surface area contributed by atoms with Gasteiger partial charge in [-0.3, -0.25) is 14.5 Å². The minimum atomic E-state index is -0.436. The molecule has 118 valence electrons. The van der Waals surface area contributed by atoms with Gasteiger partial charge in [0.15, 0.2) is 0 Å². The number of carbonyl (C=O) groups excluding carboxylic acids is 2. The molecule has 0 aliphatic carbocycles. The largest absolute Gasteiger partial charge is 0.324 e. The third-order valence-electron chi connectivity index (χ3n) is 3.27. The molecule has 1 aliphatic heterocycles. The lowest BCUT2D eigenvalue weighted by Gasteiger charge is -2.14. The van der Waals surface area contributed by atoms with Gasteiger partial charge in [-0.15, -0.1) is 0 Å². The van der Waals surface area contributed by atoms with E-state index in [1.165, 1.54) is 23.9 Å². The average molecular weight is 340 g/mol. The highest BCUT2D eigenvalue weighted by molar-refractivity contribution is 8.23. The average Bonchev–Trinajstić information content (AvgIpc) is 2.81. The normalized spacial score (nSPS) is 14.5. The first-order valence-corrected chi connectivity index (χ1v) is 8.49. The second-order valence-corrected chi connectivity index (χ2v) is 6.55. The van der Waals surface area contributed by atoms with Crippen LogP contribution in [0.2, 0.25) is 0 Å². The highest BCUT2D eigenvalue weighted by Gasteiger charge is 2.25. The van der Waals surface area contributed by atoms with Gasteiger partial charge in [-0.2, -0.15) is 0 Å². The number of thioether (sulfide) groups is 1. The van der Waals surface area contributed by atoms with E-state index in [9.17, 15) is 14.0 Å². The van der Waals surface area contributed by atoms with Crippen molar-refractivity contribution in [1.82, 2.24) is 4.90 Å². The molecule has 1 N–H and O–H groups in total. The molecule has 0 unspecified atom stereocenters. The molecule has 0 radical (unpaired) electrons. The molecular formula is C15H17FN2O2S2. The van der Waals surface area contributed by atoms with Crippen molar-refractivity contribution in [2.24, 2.45) is 0 Å².